The van der Waals surface area contributed by atoms with Crippen molar-refractivity contribution in [3.05, 3.63) is 47.5 Å². The molecule has 1 N–H and O–H groups in total. The topological polar surface area (TPSA) is 46.5 Å². The van der Waals surface area contributed by atoms with Crippen molar-refractivity contribution in [2.24, 2.45) is 17.3 Å². The highest BCUT2D eigenvalue weighted by atomic mass is 16.5. The quantitative estimate of drug-likeness (QED) is 0.911. The van der Waals surface area contributed by atoms with E-state index < -0.39 is 6.10 Å². The van der Waals surface area contributed by atoms with Gasteiger partial charge < -0.3 is 9.84 Å². The van der Waals surface area contributed by atoms with Crippen LogP contribution in [0.3, 0.4) is 0 Å². The number of ketones is 1. The van der Waals surface area contributed by atoms with Crippen LogP contribution in [0.4, 0.5) is 0 Å². The molecule has 3 nitrogen and oxygen atoms in total. The van der Waals surface area contributed by atoms with Gasteiger partial charge in [0.2, 0.25) is 0 Å². The maximum atomic E-state index is 12.5. The zero-order valence-corrected chi connectivity index (χ0v) is 14.9. The Morgan fingerprint density at radius 1 is 1.29 bits per heavy atom. The van der Waals surface area contributed by atoms with Gasteiger partial charge in [-0.05, 0) is 30.7 Å². The summed E-state index contributed by atoms with van der Waals surface area (Å²) in [7, 11) is 0. The third kappa shape index (κ3) is 3.07. The van der Waals surface area contributed by atoms with Crippen LogP contribution < -0.4 is 0 Å². The maximum absolute atomic E-state index is 12.5. The van der Waals surface area contributed by atoms with Crippen LogP contribution in [0.1, 0.15) is 45.6 Å². The highest BCUT2D eigenvalue weighted by Gasteiger charge is 2.55. The second-order valence-electron chi connectivity index (χ2n) is 7.81. The Morgan fingerprint density at radius 2 is 2.00 bits per heavy atom. The zero-order valence-electron chi connectivity index (χ0n) is 14.9. The van der Waals surface area contributed by atoms with Crippen LogP contribution in [0.5, 0.6) is 0 Å². The first-order chi connectivity index (χ1) is 11.4. The van der Waals surface area contributed by atoms with Crippen molar-refractivity contribution in [1.82, 2.24) is 0 Å². The number of benzene rings is 1. The maximum Gasteiger partial charge on any atom is 0.187 e. The Kier molecular flexibility index (Phi) is 4.93. The smallest absolute Gasteiger partial charge is 0.187 e. The average Bonchev–Trinajstić information content (AvgIpc) is 2.66. The minimum atomic E-state index is -0.867. The number of fused-ring (bicyclic) bond motifs is 1. The minimum Gasteiger partial charge on any atom is -0.385 e. The number of Topliss-reactive ketones (excluding diaryl/α,β-unsaturated/α-hetero) is 1. The van der Waals surface area contributed by atoms with Gasteiger partial charge in [0.25, 0.3) is 0 Å². The van der Waals surface area contributed by atoms with Gasteiger partial charge in [-0.1, -0.05) is 57.2 Å². The molecule has 1 fully saturated rings. The highest BCUT2D eigenvalue weighted by Crippen LogP contribution is 2.53. The predicted octanol–water partition coefficient (Wildman–Crippen LogP) is 3.90. The lowest BCUT2D eigenvalue weighted by Crippen LogP contribution is -2.36. The van der Waals surface area contributed by atoms with Gasteiger partial charge in [0, 0.05) is 16.9 Å². The molecule has 0 heterocycles. The van der Waals surface area contributed by atoms with Gasteiger partial charge in [-0.25, -0.2) is 0 Å². The van der Waals surface area contributed by atoms with E-state index in [-0.39, 0.29) is 29.1 Å². The fourth-order valence-corrected chi connectivity index (χ4v) is 4.73. The van der Waals surface area contributed by atoms with Crippen molar-refractivity contribution in [2.75, 3.05) is 0 Å². The Labute approximate surface area is 144 Å². The van der Waals surface area contributed by atoms with Crippen molar-refractivity contribution < 1.29 is 14.6 Å². The molecular weight excluding hydrogens is 300 g/mol. The van der Waals surface area contributed by atoms with Crippen LogP contribution in [-0.4, -0.2) is 23.1 Å². The van der Waals surface area contributed by atoms with Gasteiger partial charge >= 0.3 is 0 Å². The summed E-state index contributed by atoms with van der Waals surface area (Å²) in [6.45, 7) is 6.93. The van der Waals surface area contributed by atoms with Crippen LogP contribution in [0.15, 0.2) is 42.0 Å². The molecule has 130 valence electrons. The first kappa shape index (κ1) is 17.4. The number of hydrogen-bond donors (Lipinski definition) is 1. The van der Waals surface area contributed by atoms with Crippen LogP contribution in [0.2, 0.25) is 0 Å². The molecule has 0 aromatic heterocycles. The summed E-state index contributed by atoms with van der Waals surface area (Å²) in [6, 6.07) is 10.2. The summed E-state index contributed by atoms with van der Waals surface area (Å²) in [5, 5.41) is 10.5. The number of carbonyl (C=O) groups is 1. The molecule has 0 radical (unpaired) electrons. The molecule has 0 aliphatic heterocycles. The number of aliphatic hydroxyl groups excluding tert-OH is 1. The summed E-state index contributed by atoms with van der Waals surface area (Å²) in [6.07, 6.45) is 3.88. The van der Waals surface area contributed by atoms with E-state index >= 15 is 0 Å². The van der Waals surface area contributed by atoms with Gasteiger partial charge in [-0.3, -0.25) is 4.79 Å². The molecular formula is C21H28O3. The van der Waals surface area contributed by atoms with E-state index in [1.165, 1.54) is 5.56 Å². The van der Waals surface area contributed by atoms with E-state index in [2.05, 4.69) is 39.0 Å². The molecule has 0 spiro atoms. The number of aliphatic hydroxyl groups is 1. The first-order valence-corrected chi connectivity index (χ1v) is 9.02. The number of allylic oxidation sites excluding steroid dienone is 1. The van der Waals surface area contributed by atoms with Crippen LogP contribution in [-0.2, 0) is 16.1 Å². The molecule has 1 aromatic carbocycles. The molecule has 2 aliphatic rings. The predicted molar refractivity (Wildman–Crippen MR) is 94.4 cm³/mol. The SMILES string of the molecule is CC(C)[C@H]1[C@H](O)C(=O)C2=CCC[C@H](OCc3ccccc3)C[C@@]21C. The van der Waals surface area contributed by atoms with Gasteiger partial charge in [-0.15, -0.1) is 0 Å². The summed E-state index contributed by atoms with van der Waals surface area (Å²) >= 11 is 0. The first-order valence-electron chi connectivity index (χ1n) is 9.02. The fraction of sp³-hybridized carbons (Fsp3) is 0.571. The molecule has 3 heteroatoms. The molecule has 3 rings (SSSR count). The van der Waals surface area contributed by atoms with Crippen molar-refractivity contribution in [3.63, 3.8) is 0 Å². The number of carbonyl (C=O) groups excluding carboxylic acids is 1. The average molecular weight is 328 g/mol. The zero-order chi connectivity index (χ0) is 17.3. The molecule has 1 saturated carbocycles. The second kappa shape index (κ2) is 6.81. The molecule has 0 bridgehead atoms. The van der Waals surface area contributed by atoms with E-state index in [0.717, 1.165) is 24.8 Å². The van der Waals surface area contributed by atoms with E-state index in [1.807, 2.05) is 18.2 Å². The molecule has 24 heavy (non-hydrogen) atoms. The molecule has 0 unspecified atom stereocenters. The van der Waals surface area contributed by atoms with Crippen LogP contribution in [0.25, 0.3) is 0 Å². The highest BCUT2D eigenvalue weighted by molar-refractivity contribution is 6.03. The summed E-state index contributed by atoms with van der Waals surface area (Å²) in [5.41, 5.74) is 1.71. The Hall–Kier alpha value is -1.45. The van der Waals surface area contributed by atoms with Gasteiger partial charge in [0.1, 0.15) is 6.10 Å². The van der Waals surface area contributed by atoms with E-state index in [4.69, 9.17) is 4.74 Å². The van der Waals surface area contributed by atoms with Gasteiger partial charge in [0.05, 0.1) is 12.7 Å². The van der Waals surface area contributed by atoms with E-state index in [9.17, 15) is 9.90 Å². The summed E-state index contributed by atoms with van der Waals surface area (Å²) < 4.78 is 6.19. The standard InChI is InChI=1S/C21H28O3/c1-14(2)18-20(23)19(22)17-11-7-10-16(12-21(17,18)3)24-13-15-8-5-4-6-9-15/h4-6,8-9,11,14,16,18,20,23H,7,10,12-13H2,1-3H3/t16-,18-,20-,21-/m0/s1. The monoisotopic (exact) mass is 328 g/mol. The second-order valence-corrected chi connectivity index (χ2v) is 7.81. The summed E-state index contributed by atoms with van der Waals surface area (Å²) in [5.74, 6) is 0.157. The molecule has 2 aliphatic carbocycles. The van der Waals surface area contributed by atoms with Crippen LogP contribution >= 0.6 is 0 Å². The van der Waals surface area contributed by atoms with Gasteiger partial charge in [0.15, 0.2) is 5.78 Å². The van der Waals surface area contributed by atoms with Crippen molar-refractivity contribution in [3.8, 4) is 0 Å². The fourth-order valence-electron chi connectivity index (χ4n) is 4.73. The van der Waals surface area contributed by atoms with Crippen molar-refractivity contribution in [1.29, 1.82) is 0 Å². The third-order valence-corrected chi connectivity index (χ3v) is 5.76. The largest absolute Gasteiger partial charge is 0.385 e. The van der Waals surface area contributed by atoms with E-state index in [0.29, 0.717) is 6.61 Å². The molecule has 1 aromatic rings. The lowest BCUT2D eigenvalue weighted by Gasteiger charge is -2.37. The summed E-state index contributed by atoms with van der Waals surface area (Å²) in [4.78, 5) is 12.5. The number of hydrogen-bond acceptors (Lipinski definition) is 3. The Morgan fingerprint density at radius 3 is 2.67 bits per heavy atom. The lowest BCUT2D eigenvalue weighted by molar-refractivity contribution is -0.123. The van der Waals surface area contributed by atoms with Gasteiger partial charge in [-0.2, -0.15) is 0 Å². The molecule has 4 atom stereocenters. The molecule has 0 amide bonds. The van der Waals surface area contributed by atoms with Crippen molar-refractivity contribution >= 4 is 5.78 Å². The third-order valence-electron chi connectivity index (χ3n) is 5.76. The Bertz CT molecular complexity index is 619. The lowest BCUT2D eigenvalue weighted by atomic mass is 9.69. The minimum absolute atomic E-state index is 0.0304. The number of rotatable bonds is 4. The number of ether oxygens (including phenoxy) is 1. The van der Waals surface area contributed by atoms with E-state index in [1.54, 1.807) is 0 Å². The van der Waals surface area contributed by atoms with Crippen LogP contribution in [0, 0.1) is 17.3 Å². The Balaban J connectivity index is 1.77. The normalized spacial score (nSPS) is 33.3. The molecule has 0 saturated heterocycles. The van der Waals surface area contributed by atoms with Crippen molar-refractivity contribution in [2.45, 2.75) is 58.8 Å².